The number of methoxy groups -OCH3 is 1. The van der Waals surface area contributed by atoms with Gasteiger partial charge in [0.1, 0.15) is 18.1 Å². The minimum absolute atomic E-state index is 0.0619. The van der Waals surface area contributed by atoms with Crippen molar-refractivity contribution in [3.8, 4) is 11.5 Å². The van der Waals surface area contributed by atoms with Gasteiger partial charge in [0.25, 0.3) is 5.91 Å². The summed E-state index contributed by atoms with van der Waals surface area (Å²) in [5, 5.41) is 13.7. The molecular formula is C22H21N3O5. The number of nitrogens with zero attached hydrogens (tertiary/aromatic N) is 2. The summed E-state index contributed by atoms with van der Waals surface area (Å²) in [5.74, 6) is 0.0667. The van der Waals surface area contributed by atoms with Crippen molar-refractivity contribution in [1.82, 2.24) is 10.0 Å². The van der Waals surface area contributed by atoms with E-state index < -0.39 is 0 Å². The maximum Gasteiger partial charge on any atom is 0.255 e. The lowest BCUT2D eigenvalue weighted by Crippen LogP contribution is -2.21. The number of pyridine rings is 1. The maximum atomic E-state index is 12.5. The van der Waals surface area contributed by atoms with E-state index in [4.69, 9.17) is 9.57 Å². The molecule has 0 fully saturated rings. The van der Waals surface area contributed by atoms with Crippen LogP contribution in [0.2, 0.25) is 0 Å². The molecule has 0 unspecified atom stereocenters. The van der Waals surface area contributed by atoms with Crippen molar-refractivity contribution in [3.63, 3.8) is 0 Å². The molecule has 0 aliphatic rings. The van der Waals surface area contributed by atoms with E-state index in [1.165, 1.54) is 24.3 Å². The normalized spacial score (nSPS) is 10.3. The van der Waals surface area contributed by atoms with Gasteiger partial charge >= 0.3 is 0 Å². The number of benzene rings is 2. The zero-order valence-corrected chi connectivity index (χ0v) is 16.3. The Morgan fingerprint density at radius 3 is 2.63 bits per heavy atom. The molecule has 2 amide bonds. The number of rotatable bonds is 9. The molecule has 0 saturated heterocycles. The lowest BCUT2D eigenvalue weighted by Gasteiger charge is -2.17. The highest BCUT2D eigenvalue weighted by atomic mass is 16.7. The summed E-state index contributed by atoms with van der Waals surface area (Å²) in [4.78, 5) is 33.2. The number of aromatic nitrogens is 1. The van der Waals surface area contributed by atoms with Gasteiger partial charge in [-0.3, -0.25) is 19.4 Å². The Kier molecular flexibility index (Phi) is 6.96. The Hall–Kier alpha value is -3.91. The second-order valence-corrected chi connectivity index (χ2v) is 6.35. The molecule has 0 aliphatic carbocycles. The molecule has 154 valence electrons. The maximum absolute atomic E-state index is 12.5. The number of hydrogen-bond donors (Lipinski definition) is 2. The predicted molar refractivity (Wildman–Crippen MR) is 110 cm³/mol. The van der Waals surface area contributed by atoms with Crippen LogP contribution in [0.1, 0.15) is 21.5 Å². The number of ether oxygens (including phenoxy) is 1. The summed E-state index contributed by atoms with van der Waals surface area (Å²) < 4.78 is 5.10. The quantitative estimate of drug-likeness (QED) is 0.321. The topological polar surface area (TPSA) is 101 Å². The van der Waals surface area contributed by atoms with Crippen molar-refractivity contribution in [2.45, 2.75) is 13.2 Å². The van der Waals surface area contributed by atoms with Gasteiger partial charge in [0, 0.05) is 24.0 Å². The van der Waals surface area contributed by atoms with E-state index >= 15 is 0 Å². The number of nitrogens with one attached hydrogen (secondary N) is 1. The monoisotopic (exact) mass is 407 g/mol. The van der Waals surface area contributed by atoms with Crippen LogP contribution in [0.5, 0.6) is 11.5 Å². The minimum Gasteiger partial charge on any atom is -0.506 e. The van der Waals surface area contributed by atoms with Crippen LogP contribution >= 0.6 is 0 Å². The van der Waals surface area contributed by atoms with E-state index in [9.17, 15) is 14.7 Å². The predicted octanol–water partition coefficient (Wildman–Crippen LogP) is 3.14. The van der Waals surface area contributed by atoms with Gasteiger partial charge < -0.3 is 15.2 Å². The van der Waals surface area contributed by atoms with E-state index in [2.05, 4.69) is 10.3 Å². The molecule has 30 heavy (non-hydrogen) atoms. The number of amides is 2. The molecule has 8 heteroatoms. The number of phenols is 1. The fourth-order valence-corrected chi connectivity index (χ4v) is 2.63. The van der Waals surface area contributed by atoms with E-state index in [0.29, 0.717) is 17.7 Å². The first-order valence-electron chi connectivity index (χ1n) is 9.10. The smallest absolute Gasteiger partial charge is 0.255 e. The number of carbonyl (C=O) groups is 2. The van der Waals surface area contributed by atoms with E-state index in [0.717, 1.165) is 11.1 Å². The van der Waals surface area contributed by atoms with Gasteiger partial charge in [-0.15, -0.1) is 0 Å². The molecule has 2 N–H and O–H groups in total. The fourth-order valence-electron chi connectivity index (χ4n) is 2.63. The molecule has 0 aliphatic heterocycles. The van der Waals surface area contributed by atoms with Gasteiger partial charge in [0.2, 0.25) is 6.41 Å². The van der Waals surface area contributed by atoms with Gasteiger partial charge in [-0.2, -0.15) is 0 Å². The highest BCUT2D eigenvalue weighted by molar-refractivity contribution is 6.05. The first-order valence-corrected chi connectivity index (χ1v) is 9.10. The molecule has 0 saturated carbocycles. The molecule has 0 atom stereocenters. The number of hydrogen-bond acceptors (Lipinski definition) is 6. The number of carbonyl (C=O) groups excluding carboxylic acids is 2. The highest BCUT2D eigenvalue weighted by Gasteiger charge is 2.11. The number of aromatic hydroxyl groups is 1. The van der Waals surface area contributed by atoms with E-state index in [-0.39, 0.29) is 30.5 Å². The van der Waals surface area contributed by atoms with Crippen LogP contribution in [0.3, 0.4) is 0 Å². The summed E-state index contributed by atoms with van der Waals surface area (Å²) in [6, 6.07) is 14.9. The Balaban J connectivity index is 1.59. The summed E-state index contributed by atoms with van der Waals surface area (Å²) in [6.45, 7) is 0.444. The molecule has 0 spiro atoms. The SMILES string of the molecule is COc1ccc(O)c(NC(=O)c2ccc(CN(C=O)OCc3cccnc3)cc2)c1. The molecule has 8 nitrogen and oxygen atoms in total. The number of anilines is 1. The number of phenolic OH excluding ortho intramolecular Hbond substituents is 1. The van der Waals surface area contributed by atoms with Crippen molar-refractivity contribution >= 4 is 18.0 Å². The standard InChI is InChI=1S/C22H21N3O5/c1-29-19-8-9-21(27)20(11-19)24-22(28)18-6-4-16(5-7-18)13-25(15-26)30-14-17-3-2-10-23-12-17/h2-12,15,27H,13-14H2,1H3,(H,24,28). The summed E-state index contributed by atoms with van der Waals surface area (Å²) in [6.07, 6.45) is 3.92. The highest BCUT2D eigenvalue weighted by Crippen LogP contribution is 2.28. The van der Waals surface area contributed by atoms with Crippen molar-refractivity contribution in [2.75, 3.05) is 12.4 Å². The van der Waals surface area contributed by atoms with E-state index in [1.54, 1.807) is 48.8 Å². The average molecular weight is 407 g/mol. The van der Waals surface area contributed by atoms with Crippen LogP contribution in [-0.2, 0) is 22.8 Å². The van der Waals surface area contributed by atoms with Crippen molar-refractivity contribution in [2.24, 2.45) is 0 Å². The van der Waals surface area contributed by atoms with Crippen molar-refractivity contribution in [3.05, 3.63) is 83.7 Å². The van der Waals surface area contributed by atoms with Crippen LogP contribution in [0, 0.1) is 0 Å². The molecule has 2 aromatic carbocycles. The zero-order chi connectivity index (χ0) is 21.3. The Labute approximate surface area is 173 Å². The molecule has 0 bridgehead atoms. The molecule has 1 heterocycles. The van der Waals surface area contributed by atoms with Crippen molar-refractivity contribution < 1.29 is 24.3 Å². The Morgan fingerprint density at radius 2 is 1.97 bits per heavy atom. The minimum atomic E-state index is -0.384. The van der Waals surface area contributed by atoms with Gasteiger partial charge in [-0.25, -0.2) is 5.06 Å². The average Bonchev–Trinajstić information content (AvgIpc) is 2.79. The first kappa shape index (κ1) is 20.8. The lowest BCUT2D eigenvalue weighted by atomic mass is 10.1. The second kappa shape index (κ2) is 10.0. The molecular weight excluding hydrogens is 386 g/mol. The van der Waals surface area contributed by atoms with E-state index in [1.807, 2.05) is 6.07 Å². The third-order valence-corrected chi connectivity index (χ3v) is 4.24. The van der Waals surface area contributed by atoms with Crippen LogP contribution in [0.15, 0.2) is 67.0 Å². The molecule has 3 rings (SSSR count). The fraction of sp³-hybridized carbons (Fsp3) is 0.136. The van der Waals surface area contributed by atoms with Crippen LogP contribution in [-0.4, -0.2) is 34.6 Å². The molecule has 3 aromatic rings. The third kappa shape index (κ3) is 5.55. The van der Waals surface area contributed by atoms with Crippen molar-refractivity contribution in [1.29, 1.82) is 0 Å². The lowest BCUT2D eigenvalue weighted by molar-refractivity contribution is -0.181. The summed E-state index contributed by atoms with van der Waals surface area (Å²) in [5.41, 5.74) is 2.28. The Morgan fingerprint density at radius 1 is 1.17 bits per heavy atom. The molecule has 0 radical (unpaired) electrons. The van der Waals surface area contributed by atoms with Gasteiger partial charge in [0.05, 0.1) is 19.3 Å². The van der Waals surface area contributed by atoms with Crippen LogP contribution < -0.4 is 10.1 Å². The third-order valence-electron chi connectivity index (χ3n) is 4.24. The summed E-state index contributed by atoms with van der Waals surface area (Å²) >= 11 is 0. The second-order valence-electron chi connectivity index (χ2n) is 6.35. The number of hydroxylamine groups is 2. The van der Waals surface area contributed by atoms with Crippen LogP contribution in [0.4, 0.5) is 5.69 Å². The summed E-state index contributed by atoms with van der Waals surface area (Å²) in [7, 11) is 1.50. The Bertz CT molecular complexity index is 993. The van der Waals surface area contributed by atoms with Gasteiger partial charge in [-0.1, -0.05) is 18.2 Å². The zero-order valence-electron chi connectivity index (χ0n) is 16.3. The van der Waals surface area contributed by atoms with Gasteiger partial charge in [-0.05, 0) is 41.5 Å². The van der Waals surface area contributed by atoms with Gasteiger partial charge in [0.15, 0.2) is 0 Å². The molecule has 1 aromatic heterocycles. The van der Waals surface area contributed by atoms with Crippen LogP contribution in [0.25, 0.3) is 0 Å². The first-order chi connectivity index (χ1) is 14.6. The largest absolute Gasteiger partial charge is 0.506 e.